The van der Waals surface area contributed by atoms with Crippen LogP contribution in [0, 0.1) is 12.8 Å². The summed E-state index contributed by atoms with van der Waals surface area (Å²) in [6.07, 6.45) is 2.97. The van der Waals surface area contributed by atoms with E-state index in [2.05, 4.69) is 45.1 Å². The van der Waals surface area contributed by atoms with Crippen molar-refractivity contribution in [2.45, 2.75) is 33.1 Å². The van der Waals surface area contributed by atoms with Crippen LogP contribution in [-0.2, 0) is 0 Å². The number of anilines is 2. The number of nitrogens with zero attached hydrogens (tertiary/aromatic N) is 4. The van der Waals surface area contributed by atoms with Crippen molar-refractivity contribution in [1.82, 2.24) is 19.9 Å². The van der Waals surface area contributed by atoms with Gasteiger partial charge < -0.3 is 10.2 Å². The molecule has 5 nitrogen and oxygen atoms in total. The summed E-state index contributed by atoms with van der Waals surface area (Å²) in [6.45, 7) is 9.95. The molecular weight excluding hydrogens is 294 g/mol. The van der Waals surface area contributed by atoms with Crippen molar-refractivity contribution >= 4 is 22.3 Å². The number of thiazole rings is 1. The SMILES string of the molecule is Cc1nc(Nc2nccs2)cc(C2CCN(CC(C)C)C2)n1. The van der Waals surface area contributed by atoms with Crippen molar-refractivity contribution in [3.63, 3.8) is 0 Å². The minimum atomic E-state index is 0.511. The van der Waals surface area contributed by atoms with Crippen LogP contribution in [0.25, 0.3) is 0 Å². The Kier molecular flexibility index (Phi) is 4.69. The number of nitrogens with one attached hydrogen (secondary N) is 1. The largest absolute Gasteiger partial charge is 0.316 e. The quantitative estimate of drug-likeness (QED) is 0.915. The highest BCUT2D eigenvalue weighted by Gasteiger charge is 2.25. The highest BCUT2D eigenvalue weighted by Crippen LogP contribution is 2.28. The molecule has 0 amide bonds. The maximum absolute atomic E-state index is 4.66. The number of aromatic nitrogens is 3. The van der Waals surface area contributed by atoms with Crippen molar-refractivity contribution < 1.29 is 0 Å². The van der Waals surface area contributed by atoms with Gasteiger partial charge in [0.15, 0.2) is 5.13 Å². The van der Waals surface area contributed by atoms with E-state index in [-0.39, 0.29) is 0 Å². The first-order valence-corrected chi connectivity index (χ1v) is 8.72. The minimum Gasteiger partial charge on any atom is -0.316 e. The third kappa shape index (κ3) is 3.81. The third-order valence-electron chi connectivity index (χ3n) is 3.84. The maximum atomic E-state index is 4.66. The van der Waals surface area contributed by atoms with Crippen LogP contribution >= 0.6 is 11.3 Å². The fourth-order valence-corrected chi connectivity index (χ4v) is 3.55. The molecule has 0 aromatic carbocycles. The monoisotopic (exact) mass is 317 g/mol. The number of hydrogen-bond donors (Lipinski definition) is 1. The zero-order chi connectivity index (χ0) is 15.5. The van der Waals surface area contributed by atoms with Crippen LogP contribution in [0.2, 0.25) is 0 Å². The summed E-state index contributed by atoms with van der Waals surface area (Å²) in [5.74, 6) is 2.89. The van der Waals surface area contributed by atoms with Crippen molar-refractivity contribution in [3.8, 4) is 0 Å². The van der Waals surface area contributed by atoms with Crippen LogP contribution in [0.3, 0.4) is 0 Å². The summed E-state index contributed by atoms with van der Waals surface area (Å²) in [5.41, 5.74) is 1.15. The Balaban J connectivity index is 1.72. The summed E-state index contributed by atoms with van der Waals surface area (Å²) in [5, 5.41) is 6.10. The van der Waals surface area contributed by atoms with E-state index in [0.717, 1.165) is 29.0 Å². The number of aryl methyl sites for hydroxylation is 1. The van der Waals surface area contributed by atoms with Gasteiger partial charge in [-0.25, -0.2) is 15.0 Å². The summed E-state index contributed by atoms with van der Waals surface area (Å²) < 4.78 is 0. The van der Waals surface area contributed by atoms with Gasteiger partial charge in [0.25, 0.3) is 0 Å². The summed E-state index contributed by atoms with van der Waals surface area (Å²) in [6, 6.07) is 2.08. The lowest BCUT2D eigenvalue weighted by Gasteiger charge is -2.18. The molecule has 0 radical (unpaired) electrons. The first kappa shape index (κ1) is 15.4. The van der Waals surface area contributed by atoms with E-state index in [1.54, 1.807) is 17.5 Å². The van der Waals surface area contributed by atoms with Crippen LogP contribution in [-0.4, -0.2) is 39.5 Å². The molecule has 1 fully saturated rings. The third-order valence-corrected chi connectivity index (χ3v) is 4.53. The Morgan fingerprint density at radius 3 is 3.00 bits per heavy atom. The molecule has 3 rings (SSSR count). The molecule has 2 aromatic heterocycles. The number of likely N-dealkylation sites (tertiary alicyclic amines) is 1. The van der Waals surface area contributed by atoms with Gasteiger partial charge in [-0.05, 0) is 25.8 Å². The number of rotatable bonds is 5. The van der Waals surface area contributed by atoms with E-state index in [9.17, 15) is 0 Å². The summed E-state index contributed by atoms with van der Waals surface area (Å²) >= 11 is 1.58. The topological polar surface area (TPSA) is 53.9 Å². The van der Waals surface area contributed by atoms with Crippen LogP contribution in [0.1, 0.15) is 37.7 Å². The van der Waals surface area contributed by atoms with Gasteiger partial charge >= 0.3 is 0 Å². The standard InChI is InChI=1S/C16H23N5S/c1-11(2)9-21-6-4-13(10-21)14-8-15(19-12(3)18-14)20-16-17-5-7-22-16/h5,7-8,11,13H,4,6,9-10H2,1-3H3,(H,17,18,19,20). The normalized spacial score (nSPS) is 19.0. The number of hydrogen-bond acceptors (Lipinski definition) is 6. The highest BCUT2D eigenvalue weighted by molar-refractivity contribution is 7.13. The van der Waals surface area contributed by atoms with Gasteiger partial charge in [0.1, 0.15) is 11.6 Å². The molecule has 2 aromatic rings. The van der Waals surface area contributed by atoms with Crippen LogP contribution in [0.4, 0.5) is 10.9 Å². The van der Waals surface area contributed by atoms with Gasteiger partial charge in [-0.1, -0.05) is 13.8 Å². The van der Waals surface area contributed by atoms with E-state index >= 15 is 0 Å². The average molecular weight is 317 g/mol. The van der Waals surface area contributed by atoms with Gasteiger partial charge in [-0.15, -0.1) is 11.3 Å². The predicted octanol–water partition coefficient (Wildman–Crippen LogP) is 3.43. The van der Waals surface area contributed by atoms with E-state index in [4.69, 9.17) is 0 Å². The zero-order valence-corrected chi connectivity index (χ0v) is 14.2. The van der Waals surface area contributed by atoms with Gasteiger partial charge in [-0.2, -0.15) is 0 Å². The Morgan fingerprint density at radius 1 is 1.41 bits per heavy atom. The molecule has 1 saturated heterocycles. The molecular formula is C16H23N5S. The van der Waals surface area contributed by atoms with E-state index in [0.29, 0.717) is 11.8 Å². The van der Waals surface area contributed by atoms with Crippen molar-refractivity contribution in [1.29, 1.82) is 0 Å². The average Bonchev–Trinajstić information content (AvgIpc) is 3.09. The second-order valence-corrected chi connectivity index (χ2v) is 7.22. The van der Waals surface area contributed by atoms with E-state index in [1.807, 2.05) is 12.3 Å². The summed E-state index contributed by atoms with van der Waals surface area (Å²) in [7, 11) is 0. The lowest BCUT2D eigenvalue weighted by Crippen LogP contribution is -2.25. The van der Waals surface area contributed by atoms with E-state index < -0.39 is 0 Å². The van der Waals surface area contributed by atoms with Crippen LogP contribution in [0.15, 0.2) is 17.6 Å². The van der Waals surface area contributed by atoms with Gasteiger partial charge in [0, 0.05) is 36.7 Å². The molecule has 0 saturated carbocycles. The minimum absolute atomic E-state index is 0.511. The fraction of sp³-hybridized carbons (Fsp3) is 0.562. The predicted molar refractivity (Wildman–Crippen MR) is 90.8 cm³/mol. The molecule has 0 bridgehead atoms. The molecule has 0 aliphatic carbocycles. The summed E-state index contributed by atoms with van der Waals surface area (Å²) in [4.78, 5) is 15.9. The second kappa shape index (κ2) is 6.71. The van der Waals surface area contributed by atoms with Gasteiger partial charge in [-0.3, -0.25) is 0 Å². The second-order valence-electron chi connectivity index (χ2n) is 6.33. The fourth-order valence-electron chi connectivity index (χ4n) is 3.01. The Labute approximate surface area is 135 Å². The molecule has 1 atom stereocenters. The van der Waals surface area contributed by atoms with Gasteiger partial charge in [0.05, 0.1) is 5.69 Å². The molecule has 1 aliphatic rings. The Bertz CT molecular complexity index is 611. The van der Waals surface area contributed by atoms with Gasteiger partial charge in [0.2, 0.25) is 0 Å². The Morgan fingerprint density at radius 2 is 2.27 bits per heavy atom. The maximum Gasteiger partial charge on any atom is 0.188 e. The first-order valence-electron chi connectivity index (χ1n) is 7.84. The lowest BCUT2D eigenvalue weighted by molar-refractivity contribution is 0.294. The molecule has 3 heterocycles. The first-order chi connectivity index (χ1) is 10.6. The van der Waals surface area contributed by atoms with Crippen LogP contribution < -0.4 is 5.32 Å². The van der Waals surface area contributed by atoms with Crippen molar-refractivity contribution in [2.24, 2.45) is 5.92 Å². The smallest absolute Gasteiger partial charge is 0.188 e. The molecule has 1 N–H and O–H groups in total. The molecule has 1 aliphatic heterocycles. The van der Waals surface area contributed by atoms with Crippen molar-refractivity contribution in [3.05, 3.63) is 29.2 Å². The highest BCUT2D eigenvalue weighted by atomic mass is 32.1. The lowest BCUT2D eigenvalue weighted by atomic mass is 10.0. The van der Waals surface area contributed by atoms with Crippen molar-refractivity contribution in [2.75, 3.05) is 25.0 Å². The Hall–Kier alpha value is -1.53. The molecule has 6 heteroatoms. The van der Waals surface area contributed by atoms with E-state index in [1.165, 1.54) is 19.5 Å². The zero-order valence-electron chi connectivity index (χ0n) is 13.4. The molecule has 1 unspecified atom stereocenters. The molecule has 22 heavy (non-hydrogen) atoms. The molecule has 0 spiro atoms. The van der Waals surface area contributed by atoms with Crippen LogP contribution in [0.5, 0.6) is 0 Å². The molecule has 118 valence electrons.